The summed E-state index contributed by atoms with van der Waals surface area (Å²) < 4.78 is 200. The Labute approximate surface area is 332 Å². The van der Waals surface area contributed by atoms with Gasteiger partial charge in [-0.3, -0.25) is 18.2 Å². The average molecular weight is 951 g/mol. The molecule has 6 aliphatic rings. The molecule has 59 heavy (non-hydrogen) atoms. The minimum atomic E-state index is -5.54. The second-order valence-electron chi connectivity index (χ2n) is 13.4. The number of fused-ring (bicyclic) bond motifs is 4. The van der Waals surface area contributed by atoms with Crippen molar-refractivity contribution in [1.29, 1.82) is 0 Å². The topological polar surface area (TPSA) is 459 Å². The van der Waals surface area contributed by atoms with Crippen molar-refractivity contribution in [2.24, 2.45) is 0 Å². The van der Waals surface area contributed by atoms with E-state index in [1.807, 2.05) is 0 Å². The summed E-state index contributed by atoms with van der Waals surface area (Å²) in [5, 5.41) is 62.7. The molecule has 31 nitrogen and oxygen atoms in total. The van der Waals surface area contributed by atoms with Gasteiger partial charge < -0.3 is 73.3 Å². The zero-order valence-corrected chi connectivity index (χ0v) is 32.3. The third-order valence-corrected chi connectivity index (χ3v) is 11.4. The standard InChI is InChI=1S/C24H38O31S4/c25-1-5-13(52-56(31,32)33)16(10(28)21(30)45-5)50-24-20(55-59(40,41)42)18-12(8(48-24)4-44-18)49-22-11(29)17(14(6(2-26)46-22)53-57(34,35)36)51-23-19(54-58(37,38)39)15-9(27)7(47-23)3-43-15/h5-30H,1-4H2,(H,31,32,33)(H,34,35,36)(H,37,38,39)(H,40,41,42)/t5-,6-,7-,8-,9+,10-,11-,12+,13+,14+,15+,16-,17-,18+,19-,20-,21-,22+,23-,24-/m1/s1. The van der Waals surface area contributed by atoms with Crippen LogP contribution in [0, 0.1) is 0 Å². The molecule has 0 amide bonds. The van der Waals surface area contributed by atoms with Gasteiger partial charge in [0.2, 0.25) is 0 Å². The highest BCUT2D eigenvalue weighted by Crippen LogP contribution is 2.41. The van der Waals surface area contributed by atoms with Crippen molar-refractivity contribution >= 4 is 41.6 Å². The van der Waals surface area contributed by atoms with Gasteiger partial charge in [-0.1, -0.05) is 0 Å². The minimum absolute atomic E-state index is 0.393. The molecule has 6 rings (SSSR count). The largest absolute Gasteiger partial charge is 0.397 e. The maximum absolute atomic E-state index is 12.0. The smallest absolute Gasteiger partial charge is 0.394 e. The SMILES string of the molecule is O=S(=O)(O)O[C@@H]1[C@H](O[C@H]2O[C@@H]3CO[C@@H]([C@H]3O[C@@H]3O[C@H](CO)[C@H](OS(=O)(=O)O)[C@H](O[C@H]4O[C@@H]5CO[C@@H]([C@H]5O)[C@H]4OS(=O)(=O)O)[C@H]3O)[C@H]2OS(=O)(=O)O)[C@@H](O)[C@H](O)O[C@@H]1CO. The quantitative estimate of drug-likeness (QED) is 0.0642. The van der Waals surface area contributed by atoms with E-state index >= 15 is 0 Å². The van der Waals surface area contributed by atoms with E-state index in [2.05, 4.69) is 12.5 Å². The van der Waals surface area contributed by atoms with Crippen LogP contribution < -0.4 is 0 Å². The molecule has 0 saturated carbocycles. The van der Waals surface area contributed by atoms with Crippen LogP contribution in [0.2, 0.25) is 0 Å². The van der Waals surface area contributed by atoms with Gasteiger partial charge >= 0.3 is 41.6 Å². The van der Waals surface area contributed by atoms with Crippen molar-refractivity contribution in [3.63, 3.8) is 0 Å². The van der Waals surface area contributed by atoms with Gasteiger partial charge in [-0.25, -0.2) is 16.7 Å². The molecule has 0 radical (unpaired) electrons. The highest BCUT2D eigenvalue weighted by atomic mass is 32.3. The maximum atomic E-state index is 12.0. The van der Waals surface area contributed by atoms with E-state index in [4.69, 9.17) is 46.8 Å². The summed E-state index contributed by atoms with van der Waals surface area (Å²) in [7, 11) is -21.8. The third-order valence-electron chi connectivity index (χ3n) is 9.53. The fraction of sp³-hybridized carbons (Fsp3) is 1.00. The Morgan fingerprint density at radius 1 is 0.441 bits per heavy atom. The molecule has 0 aromatic heterocycles. The van der Waals surface area contributed by atoms with E-state index in [9.17, 15) is 82.5 Å². The predicted molar refractivity (Wildman–Crippen MR) is 169 cm³/mol. The Morgan fingerprint density at radius 3 is 1.36 bits per heavy atom. The average Bonchev–Trinajstić information content (AvgIpc) is 3.54. The van der Waals surface area contributed by atoms with Crippen LogP contribution in [0.1, 0.15) is 0 Å². The van der Waals surface area contributed by atoms with Crippen molar-refractivity contribution in [3.8, 4) is 0 Å². The van der Waals surface area contributed by atoms with Gasteiger partial charge in [-0.2, -0.15) is 33.7 Å². The molecule has 4 bridgehead atoms. The molecule has 344 valence electrons. The molecule has 0 aromatic rings. The van der Waals surface area contributed by atoms with Crippen molar-refractivity contribution in [1.82, 2.24) is 0 Å². The number of hydrogen-bond donors (Lipinski definition) is 10. The maximum Gasteiger partial charge on any atom is 0.397 e. The molecule has 6 aliphatic heterocycles. The molecule has 0 unspecified atom stereocenters. The fourth-order valence-electron chi connectivity index (χ4n) is 7.20. The zero-order chi connectivity index (χ0) is 43.6. The summed E-state index contributed by atoms with van der Waals surface area (Å²) in [5.74, 6) is 0. The van der Waals surface area contributed by atoms with Crippen molar-refractivity contribution in [3.05, 3.63) is 0 Å². The van der Waals surface area contributed by atoms with Crippen LogP contribution >= 0.6 is 0 Å². The highest BCUT2D eigenvalue weighted by Gasteiger charge is 2.61. The summed E-state index contributed by atoms with van der Waals surface area (Å²) in [6.07, 6.45) is -39.9. The molecule has 20 atom stereocenters. The van der Waals surface area contributed by atoms with Crippen molar-refractivity contribution in [2.75, 3.05) is 26.4 Å². The summed E-state index contributed by atoms with van der Waals surface area (Å²) in [6.45, 7) is -3.32. The lowest BCUT2D eigenvalue weighted by Gasteiger charge is -2.48. The molecule has 0 aliphatic carbocycles. The first-order valence-corrected chi connectivity index (χ1v) is 22.1. The molecule has 0 spiro atoms. The number of hydrogen-bond acceptors (Lipinski definition) is 27. The normalized spacial score (nSPS) is 45.7. The fourth-order valence-corrected chi connectivity index (χ4v) is 9.19. The minimum Gasteiger partial charge on any atom is -0.394 e. The second-order valence-corrected chi connectivity index (χ2v) is 17.6. The van der Waals surface area contributed by atoms with Gasteiger partial charge in [-0.05, 0) is 0 Å². The van der Waals surface area contributed by atoms with E-state index in [-0.39, 0.29) is 0 Å². The second kappa shape index (κ2) is 17.8. The van der Waals surface area contributed by atoms with E-state index in [0.717, 1.165) is 0 Å². The summed E-state index contributed by atoms with van der Waals surface area (Å²) in [6, 6.07) is 0. The first-order chi connectivity index (χ1) is 27.3. The Balaban J connectivity index is 1.28. The highest BCUT2D eigenvalue weighted by molar-refractivity contribution is 7.81. The summed E-state index contributed by atoms with van der Waals surface area (Å²) in [4.78, 5) is 0. The predicted octanol–water partition coefficient (Wildman–Crippen LogP) is -8.35. The molecule has 10 N–H and O–H groups in total. The van der Waals surface area contributed by atoms with E-state index in [1.165, 1.54) is 0 Å². The number of rotatable bonds is 16. The molecule has 6 fully saturated rings. The van der Waals surface area contributed by atoms with Crippen LogP contribution in [0.15, 0.2) is 0 Å². The van der Waals surface area contributed by atoms with Crippen LogP contribution in [0.3, 0.4) is 0 Å². The van der Waals surface area contributed by atoms with Crippen LogP contribution in [0.25, 0.3) is 0 Å². The first kappa shape index (κ1) is 47.4. The van der Waals surface area contributed by atoms with Crippen LogP contribution in [-0.2, 0) is 101 Å². The van der Waals surface area contributed by atoms with E-state index in [0.29, 0.717) is 0 Å². The Kier molecular flexibility index (Phi) is 14.3. The molecule has 0 aromatic carbocycles. The number of ether oxygens (including phenoxy) is 9. The lowest BCUT2D eigenvalue weighted by Crippen LogP contribution is -2.66. The van der Waals surface area contributed by atoms with Crippen LogP contribution in [0.4, 0.5) is 0 Å². The van der Waals surface area contributed by atoms with Gasteiger partial charge in [0.15, 0.2) is 37.4 Å². The van der Waals surface area contributed by atoms with Gasteiger partial charge in [0.1, 0.15) is 85.5 Å². The number of aliphatic hydroxyl groups excluding tert-OH is 6. The molecule has 6 heterocycles. The molecular formula is C24H38O31S4. The van der Waals surface area contributed by atoms with Crippen LogP contribution in [-0.4, -0.2) is 232 Å². The number of aliphatic hydroxyl groups is 6. The Bertz CT molecular complexity index is 1920. The molecular weight excluding hydrogens is 913 g/mol. The first-order valence-electron chi connectivity index (χ1n) is 16.7. The zero-order valence-electron chi connectivity index (χ0n) is 29.1. The Morgan fingerprint density at radius 2 is 0.847 bits per heavy atom. The van der Waals surface area contributed by atoms with Crippen LogP contribution in [0.5, 0.6) is 0 Å². The summed E-state index contributed by atoms with van der Waals surface area (Å²) in [5.41, 5.74) is 0. The lowest BCUT2D eigenvalue weighted by atomic mass is 9.96. The monoisotopic (exact) mass is 950 g/mol. The van der Waals surface area contributed by atoms with Crippen molar-refractivity contribution in [2.45, 2.75) is 123 Å². The summed E-state index contributed by atoms with van der Waals surface area (Å²) >= 11 is 0. The van der Waals surface area contributed by atoms with Gasteiger partial charge in [0, 0.05) is 0 Å². The van der Waals surface area contributed by atoms with E-state index < -0.39 is 191 Å². The van der Waals surface area contributed by atoms with Gasteiger partial charge in [-0.15, -0.1) is 0 Å². The Hall–Kier alpha value is -1.12. The lowest BCUT2D eigenvalue weighted by molar-refractivity contribution is -0.368. The van der Waals surface area contributed by atoms with Crippen molar-refractivity contribution < 1.29 is 142 Å². The molecule has 35 heteroatoms. The van der Waals surface area contributed by atoms with Gasteiger partial charge in [0.05, 0.1) is 26.4 Å². The third kappa shape index (κ3) is 11.0. The van der Waals surface area contributed by atoms with Gasteiger partial charge in [0.25, 0.3) is 0 Å². The van der Waals surface area contributed by atoms with E-state index in [1.54, 1.807) is 0 Å². The molecule has 6 saturated heterocycles.